The van der Waals surface area contributed by atoms with Gasteiger partial charge in [-0.2, -0.15) is 0 Å². The summed E-state index contributed by atoms with van der Waals surface area (Å²) in [7, 11) is 0. The predicted molar refractivity (Wildman–Crippen MR) is 96.7 cm³/mol. The molecule has 1 aromatic rings. The summed E-state index contributed by atoms with van der Waals surface area (Å²) in [6, 6.07) is 4.04. The summed E-state index contributed by atoms with van der Waals surface area (Å²) in [6.45, 7) is 2.24. The highest BCUT2D eigenvalue weighted by Crippen LogP contribution is 2.20. The van der Waals surface area contributed by atoms with Gasteiger partial charge in [0.1, 0.15) is 11.6 Å². The van der Waals surface area contributed by atoms with Crippen molar-refractivity contribution in [3.63, 3.8) is 0 Å². The zero-order valence-electron chi connectivity index (χ0n) is 12.8. The Hall–Kier alpha value is -0.920. The lowest BCUT2D eigenvalue weighted by molar-refractivity contribution is 0.412. The first-order valence-corrected chi connectivity index (χ1v) is 7.57. The molecule has 1 fully saturated rings. The molecule has 3 N–H and O–H groups in total. The van der Waals surface area contributed by atoms with Crippen LogP contribution in [0.3, 0.4) is 0 Å². The standard InChI is InChI=1S/C16H23F2N3.HI/c1-11(14-8-7-12(17)9-15(14)18)10-20-16(19)21-13-5-3-2-4-6-13;/h7-9,11,13H,2-6,10H2,1H3,(H3,19,20,21);1H. The molecule has 0 spiro atoms. The minimum Gasteiger partial charge on any atom is -0.370 e. The number of nitrogens with two attached hydrogens (primary N) is 1. The fourth-order valence-electron chi connectivity index (χ4n) is 2.74. The molecular formula is C16H24F2IN3. The van der Waals surface area contributed by atoms with Gasteiger partial charge < -0.3 is 11.1 Å². The second-order valence-electron chi connectivity index (χ2n) is 5.77. The Morgan fingerprint density at radius 1 is 1.32 bits per heavy atom. The molecule has 1 saturated carbocycles. The topological polar surface area (TPSA) is 50.4 Å². The summed E-state index contributed by atoms with van der Waals surface area (Å²) in [5, 5.41) is 3.22. The largest absolute Gasteiger partial charge is 0.370 e. The van der Waals surface area contributed by atoms with E-state index in [0.717, 1.165) is 18.9 Å². The maximum atomic E-state index is 13.7. The van der Waals surface area contributed by atoms with Crippen LogP contribution in [0.25, 0.3) is 0 Å². The van der Waals surface area contributed by atoms with Crippen LogP contribution in [0, 0.1) is 11.6 Å². The Morgan fingerprint density at radius 2 is 2.00 bits per heavy atom. The van der Waals surface area contributed by atoms with E-state index < -0.39 is 11.6 Å². The minimum atomic E-state index is -0.564. The maximum Gasteiger partial charge on any atom is 0.188 e. The lowest BCUT2D eigenvalue weighted by Gasteiger charge is -2.23. The Balaban J connectivity index is 0.00000242. The molecule has 1 unspecified atom stereocenters. The molecule has 0 aliphatic heterocycles. The van der Waals surface area contributed by atoms with Gasteiger partial charge in [-0.25, -0.2) is 8.78 Å². The summed E-state index contributed by atoms with van der Waals surface area (Å²) in [6.07, 6.45) is 5.98. The smallest absolute Gasteiger partial charge is 0.188 e. The van der Waals surface area contributed by atoms with E-state index in [9.17, 15) is 8.78 Å². The van der Waals surface area contributed by atoms with Gasteiger partial charge in [0.25, 0.3) is 0 Å². The highest BCUT2D eigenvalue weighted by Gasteiger charge is 2.14. The molecule has 2 rings (SSSR count). The van der Waals surface area contributed by atoms with Crippen LogP contribution in [0.5, 0.6) is 0 Å². The van der Waals surface area contributed by atoms with E-state index in [1.54, 1.807) is 0 Å². The third-order valence-corrected chi connectivity index (χ3v) is 3.99. The number of nitrogens with zero attached hydrogens (tertiary/aromatic N) is 1. The predicted octanol–water partition coefficient (Wildman–Crippen LogP) is 3.92. The maximum absolute atomic E-state index is 13.7. The molecule has 1 aliphatic rings. The van der Waals surface area contributed by atoms with E-state index >= 15 is 0 Å². The number of hydrogen-bond acceptors (Lipinski definition) is 1. The number of benzene rings is 1. The van der Waals surface area contributed by atoms with Gasteiger partial charge in [-0.3, -0.25) is 4.99 Å². The van der Waals surface area contributed by atoms with Gasteiger partial charge in [0.15, 0.2) is 5.96 Å². The van der Waals surface area contributed by atoms with E-state index in [1.807, 2.05) is 6.92 Å². The third-order valence-electron chi connectivity index (χ3n) is 3.99. The quantitative estimate of drug-likeness (QED) is 0.438. The Kier molecular flexibility index (Phi) is 8.06. The molecule has 0 bridgehead atoms. The fraction of sp³-hybridized carbons (Fsp3) is 0.562. The van der Waals surface area contributed by atoms with Gasteiger partial charge in [-0.05, 0) is 24.5 Å². The molecule has 0 heterocycles. The van der Waals surface area contributed by atoms with Crippen molar-refractivity contribution >= 4 is 29.9 Å². The first-order chi connectivity index (χ1) is 10.1. The van der Waals surface area contributed by atoms with Crippen molar-refractivity contribution in [3.05, 3.63) is 35.4 Å². The highest BCUT2D eigenvalue weighted by molar-refractivity contribution is 14.0. The minimum absolute atomic E-state index is 0. The summed E-state index contributed by atoms with van der Waals surface area (Å²) >= 11 is 0. The van der Waals surface area contributed by atoms with Crippen LogP contribution in [0.2, 0.25) is 0 Å². The van der Waals surface area contributed by atoms with Gasteiger partial charge in [-0.15, -0.1) is 24.0 Å². The molecule has 6 heteroatoms. The molecule has 22 heavy (non-hydrogen) atoms. The van der Waals surface area contributed by atoms with Crippen LogP contribution < -0.4 is 11.1 Å². The molecule has 1 aromatic carbocycles. The number of guanidine groups is 1. The van der Waals surface area contributed by atoms with E-state index in [-0.39, 0.29) is 29.9 Å². The number of halogens is 3. The zero-order valence-corrected chi connectivity index (χ0v) is 15.1. The van der Waals surface area contributed by atoms with Crippen molar-refractivity contribution in [1.29, 1.82) is 0 Å². The van der Waals surface area contributed by atoms with E-state index in [4.69, 9.17) is 5.73 Å². The number of aliphatic imine (C=N–C) groups is 1. The van der Waals surface area contributed by atoms with E-state index in [2.05, 4.69) is 10.3 Å². The number of nitrogens with one attached hydrogen (secondary N) is 1. The van der Waals surface area contributed by atoms with Gasteiger partial charge in [0.2, 0.25) is 0 Å². The molecule has 0 aromatic heterocycles. The summed E-state index contributed by atoms with van der Waals surface area (Å²) in [5.74, 6) is -0.824. The molecular weight excluding hydrogens is 399 g/mol. The van der Waals surface area contributed by atoms with Crippen LogP contribution in [0.15, 0.2) is 23.2 Å². The molecule has 1 atom stereocenters. The summed E-state index contributed by atoms with van der Waals surface area (Å²) in [5.41, 5.74) is 6.34. The lowest BCUT2D eigenvalue weighted by atomic mass is 9.96. The van der Waals surface area contributed by atoms with Crippen LogP contribution >= 0.6 is 24.0 Å². The summed E-state index contributed by atoms with van der Waals surface area (Å²) < 4.78 is 26.6. The van der Waals surface area contributed by atoms with Crippen molar-refractivity contribution in [2.75, 3.05) is 6.54 Å². The lowest BCUT2D eigenvalue weighted by Crippen LogP contribution is -2.41. The normalized spacial score (nSPS) is 17.7. The fourth-order valence-corrected chi connectivity index (χ4v) is 2.74. The van der Waals surface area contributed by atoms with Crippen LogP contribution in [-0.4, -0.2) is 18.5 Å². The number of hydrogen-bond donors (Lipinski definition) is 2. The van der Waals surface area contributed by atoms with Crippen molar-refractivity contribution in [3.8, 4) is 0 Å². The van der Waals surface area contributed by atoms with Crippen molar-refractivity contribution in [1.82, 2.24) is 5.32 Å². The third kappa shape index (κ3) is 5.70. The number of rotatable bonds is 4. The zero-order chi connectivity index (χ0) is 15.2. The monoisotopic (exact) mass is 423 g/mol. The van der Waals surface area contributed by atoms with Crippen LogP contribution in [0.4, 0.5) is 8.78 Å². The van der Waals surface area contributed by atoms with Crippen LogP contribution in [0.1, 0.15) is 50.5 Å². The van der Waals surface area contributed by atoms with Crippen LogP contribution in [-0.2, 0) is 0 Å². The average molecular weight is 423 g/mol. The molecule has 0 radical (unpaired) electrons. The van der Waals surface area contributed by atoms with Gasteiger partial charge in [0, 0.05) is 24.6 Å². The van der Waals surface area contributed by atoms with Gasteiger partial charge in [-0.1, -0.05) is 32.3 Å². The molecule has 3 nitrogen and oxygen atoms in total. The SMILES string of the molecule is CC(CN=C(N)NC1CCCCC1)c1ccc(F)cc1F.I. The molecule has 0 amide bonds. The first-order valence-electron chi connectivity index (χ1n) is 7.57. The second-order valence-corrected chi connectivity index (χ2v) is 5.77. The summed E-state index contributed by atoms with van der Waals surface area (Å²) in [4.78, 5) is 4.28. The molecule has 1 aliphatic carbocycles. The average Bonchev–Trinajstić information content (AvgIpc) is 2.46. The van der Waals surface area contributed by atoms with E-state index in [1.165, 1.54) is 31.4 Å². The highest BCUT2D eigenvalue weighted by atomic mass is 127. The Labute approximate surface area is 147 Å². The van der Waals surface area contributed by atoms with Crippen molar-refractivity contribution in [2.24, 2.45) is 10.7 Å². The van der Waals surface area contributed by atoms with Crippen molar-refractivity contribution in [2.45, 2.75) is 51.0 Å². The van der Waals surface area contributed by atoms with Crippen molar-refractivity contribution < 1.29 is 8.78 Å². The first kappa shape index (κ1) is 19.1. The van der Waals surface area contributed by atoms with Gasteiger partial charge in [0.05, 0.1) is 0 Å². The molecule has 124 valence electrons. The molecule has 0 saturated heterocycles. The Bertz CT molecular complexity index is 502. The second kappa shape index (κ2) is 9.27. The Morgan fingerprint density at radius 3 is 2.64 bits per heavy atom. The van der Waals surface area contributed by atoms with E-state index in [0.29, 0.717) is 24.1 Å². The van der Waals surface area contributed by atoms with Gasteiger partial charge >= 0.3 is 0 Å².